The van der Waals surface area contributed by atoms with Gasteiger partial charge in [-0.05, 0) is 6.07 Å². The highest BCUT2D eigenvalue weighted by atomic mass is 32.1. The van der Waals surface area contributed by atoms with Gasteiger partial charge in [-0.25, -0.2) is 0 Å². The van der Waals surface area contributed by atoms with E-state index in [1.54, 1.807) is 13.1 Å². The lowest BCUT2D eigenvalue weighted by molar-refractivity contribution is 0.0817. The van der Waals surface area contributed by atoms with Crippen LogP contribution in [0.5, 0.6) is 0 Å². The third kappa shape index (κ3) is 2.51. The third-order valence-corrected chi connectivity index (χ3v) is 2.82. The van der Waals surface area contributed by atoms with Crippen LogP contribution in [-0.2, 0) is 0 Å². The zero-order valence-electron chi connectivity index (χ0n) is 7.15. The highest BCUT2D eigenvalue weighted by Gasteiger charge is 2.11. The van der Waals surface area contributed by atoms with Crippen LogP contribution < -0.4 is 0 Å². The standard InChI is InChI=1S/C9H9NOS2/c1-3-4-10(2)9(11)8-5-7(12)6-13-8/h1,5-6,12H,4H2,2H3. The number of thiophene rings is 1. The maximum absolute atomic E-state index is 11.6. The molecule has 0 spiro atoms. The summed E-state index contributed by atoms with van der Waals surface area (Å²) >= 11 is 5.50. The van der Waals surface area contributed by atoms with Crippen molar-refractivity contribution in [1.29, 1.82) is 0 Å². The van der Waals surface area contributed by atoms with Gasteiger partial charge in [-0.2, -0.15) is 0 Å². The SMILES string of the molecule is C#CCN(C)C(=O)c1cc(S)cs1. The normalized spacial score (nSPS) is 9.31. The predicted molar refractivity (Wildman–Crippen MR) is 57.4 cm³/mol. The average molecular weight is 211 g/mol. The zero-order chi connectivity index (χ0) is 9.84. The fourth-order valence-electron chi connectivity index (χ4n) is 0.835. The van der Waals surface area contributed by atoms with E-state index < -0.39 is 0 Å². The third-order valence-electron chi connectivity index (χ3n) is 1.47. The highest BCUT2D eigenvalue weighted by Crippen LogP contribution is 2.18. The molecule has 0 aliphatic rings. The summed E-state index contributed by atoms with van der Waals surface area (Å²) in [4.78, 5) is 14.5. The number of thiol groups is 1. The van der Waals surface area contributed by atoms with Gasteiger partial charge in [0.2, 0.25) is 0 Å². The fraction of sp³-hybridized carbons (Fsp3) is 0.222. The van der Waals surface area contributed by atoms with E-state index in [-0.39, 0.29) is 5.91 Å². The first-order valence-corrected chi connectivity index (χ1v) is 4.94. The van der Waals surface area contributed by atoms with Crippen LogP contribution in [0.15, 0.2) is 16.3 Å². The Morgan fingerprint density at radius 3 is 3.00 bits per heavy atom. The Balaban J connectivity index is 2.74. The Bertz CT molecular complexity index is 351. The lowest BCUT2D eigenvalue weighted by Gasteiger charge is -2.11. The van der Waals surface area contributed by atoms with Crippen molar-refractivity contribution in [3.63, 3.8) is 0 Å². The van der Waals surface area contributed by atoms with Gasteiger partial charge in [0.05, 0.1) is 11.4 Å². The van der Waals surface area contributed by atoms with Crippen molar-refractivity contribution in [2.75, 3.05) is 13.6 Å². The minimum absolute atomic E-state index is 0.0525. The van der Waals surface area contributed by atoms with Gasteiger partial charge in [0.25, 0.3) is 5.91 Å². The van der Waals surface area contributed by atoms with Crippen molar-refractivity contribution in [3.8, 4) is 12.3 Å². The van der Waals surface area contributed by atoms with Crippen LogP contribution in [-0.4, -0.2) is 24.4 Å². The molecular weight excluding hydrogens is 202 g/mol. The molecule has 1 rings (SSSR count). The van der Waals surface area contributed by atoms with Gasteiger partial charge in [-0.1, -0.05) is 5.92 Å². The molecule has 0 aliphatic heterocycles. The van der Waals surface area contributed by atoms with E-state index in [9.17, 15) is 4.79 Å². The zero-order valence-corrected chi connectivity index (χ0v) is 8.86. The molecule has 0 fully saturated rings. The number of carbonyl (C=O) groups excluding carboxylic acids is 1. The summed E-state index contributed by atoms with van der Waals surface area (Å²) in [7, 11) is 1.68. The molecule has 0 bridgehead atoms. The summed E-state index contributed by atoms with van der Waals surface area (Å²) in [6.07, 6.45) is 5.09. The second-order valence-electron chi connectivity index (χ2n) is 2.53. The molecule has 4 heteroatoms. The summed E-state index contributed by atoms with van der Waals surface area (Å²) in [5.41, 5.74) is 0. The summed E-state index contributed by atoms with van der Waals surface area (Å²) in [6.45, 7) is 0.332. The van der Waals surface area contributed by atoms with Crippen molar-refractivity contribution < 1.29 is 4.79 Å². The molecule has 13 heavy (non-hydrogen) atoms. The van der Waals surface area contributed by atoms with Crippen molar-refractivity contribution in [2.45, 2.75) is 4.90 Å². The Morgan fingerprint density at radius 2 is 2.54 bits per heavy atom. The number of nitrogens with zero attached hydrogens (tertiary/aromatic N) is 1. The van der Waals surface area contributed by atoms with Crippen LogP contribution in [0.2, 0.25) is 0 Å². The first-order valence-electron chi connectivity index (χ1n) is 3.61. The van der Waals surface area contributed by atoms with E-state index in [2.05, 4.69) is 18.5 Å². The van der Waals surface area contributed by atoms with Gasteiger partial charge in [0, 0.05) is 17.3 Å². The van der Waals surface area contributed by atoms with Crippen LogP contribution in [0.25, 0.3) is 0 Å². The number of amides is 1. The highest BCUT2D eigenvalue weighted by molar-refractivity contribution is 7.80. The molecule has 1 aromatic heterocycles. The molecular formula is C9H9NOS2. The van der Waals surface area contributed by atoms with Gasteiger partial charge < -0.3 is 4.90 Å². The number of hydrogen-bond acceptors (Lipinski definition) is 3. The van der Waals surface area contributed by atoms with E-state index in [0.717, 1.165) is 4.90 Å². The van der Waals surface area contributed by atoms with E-state index in [4.69, 9.17) is 6.42 Å². The number of terminal acetylenes is 1. The fourth-order valence-corrected chi connectivity index (χ4v) is 1.98. The average Bonchev–Trinajstić information content (AvgIpc) is 2.51. The quantitative estimate of drug-likeness (QED) is 0.583. The molecule has 0 aromatic carbocycles. The molecule has 0 aliphatic carbocycles. The van der Waals surface area contributed by atoms with Gasteiger partial charge in [-0.15, -0.1) is 30.4 Å². The molecule has 0 radical (unpaired) electrons. The van der Waals surface area contributed by atoms with Crippen molar-refractivity contribution in [1.82, 2.24) is 4.90 Å². The molecule has 0 saturated carbocycles. The van der Waals surface area contributed by atoms with Crippen molar-refractivity contribution >= 4 is 29.9 Å². The topological polar surface area (TPSA) is 20.3 Å². The first kappa shape index (κ1) is 10.2. The van der Waals surface area contributed by atoms with E-state index in [1.807, 2.05) is 5.38 Å². The van der Waals surface area contributed by atoms with Gasteiger partial charge in [-0.3, -0.25) is 4.79 Å². The van der Waals surface area contributed by atoms with Crippen molar-refractivity contribution in [3.05, 3.63) is 16.3 Å². The minimum Gasteiger partial charge on any atom is -0.330 e. The molecule has 1 heterocycles. The summed E-state index contributed by atoms with van der Waals surface area (Å²) in [5.74, 6) is 2.36. The monoisotopic (exact) mass is 211 g/mol. The lowest BCUT2D eigenvalue weighted by Crippen LogP contribution is -2.26. The molecule has 0 atom stereocenters. The minimum atomic E-state index is -0.0525. The maximum Gasteiger partial charge on any atom is 0.264 e. The molecule has 0 N–H and O–H groups in total. The molecule has 2 nitrogen and oxygen atoms in total. The molecule has 0 saturated heterocycles. The van der Waals surface area contributed by atoms with E-state index >= 15 is 0 Å². The summed E-state index contributed by atoms with van der Waals surface area (Å²) in [6, 6.07) is 1.74. The number of hydrogen-bond donors (Lipinski definition) is 1. The largest absolute Gasteiger partial charge is 0.330 e. The Morgan fingerprint density at radius 1 is 1.85 bits per heavy atom. The van der Waals surface area contributed by atoms with Gasteiger partial charge in [0.1, 0.15) is 0 Å². The van der Waals surface area contributed by atoms with E-state index in [0.29, 0.717) is 11.4 Å². The summed E-state index contributed by atoms with van der Waals surface area (Å²) in [5, 5.41) is 1.82. The molecule has 68 valence electrons. The van der Waals surface area contributed by atoms with Crippen molar-refractivity contribution in [2.24, 2.45) is 0 Å². The second-order valence-corrected chi connectivity index (χ2v) is 3.96. The second kappa shape index (κ2) is 4.35. The molecule has 1 aromatic rings. The Kier molecular flexibility index (Phi) is 3.40. The maximum atomic E-state index is 11.6. The predicted octanol–water partition coefficient (Wildman–Crippen LogP) is 1.74. The number of rotatable bonds is 2. The Hall–Kier alpha value is -0.920. The Labute approximate surface area is 87.0 Å². The summed E-state index contributed by atoms with van der Waals surface area (Å²) < 4.78 is 0. The smallest absolute Gasteiger partial charge is 0.264 e. The first-order chi connectivity index (χ1) is 6.15. The van der Waals surface area contributed by atoms with Crippen LogP contribution in [0.3, 0.4) is 0 Å². The van der Waals surface area contributed by atoms with Crippen LogP contribution in [0.1, 0.15) is 9.67 Å². The lowest BCUT2D eigenvalue weighted by atomic mass is 10.4. The van der Waals surface area contributed by atoms with Gasteiger partial charge >= 0.3 is 0 Å². The van der Waals surface area contributed by atoms with Gasteiger partial charge in [0.15, 0.2) is 0 Å². The number of carbonyl (C=O) groups is 1. The molecule has 0 unspecified atom stereocenters. The van der Waals surface area contributed by atoms with Crippen LogP contribution in [0, 0.1) is 12.3 Å². The molecule has 1 amide bonds. The van der Waals surface area contributed by atoms with Crippen LogP contribution >= 0.6 is 24.0 Å². The van der Waals surface area contributed by atoms with Crippen LogP contribution in [0.4, 0.5) is 0 Å². The van der Waals surface area contributed by atoms with E-state index in [1.165, 1.54) is 16.2 Å².